The number of amides is 1. The van der Waals surface area contributed by atoms with Gasteiger partial charge in [-0.3, -0.25) is 9.69 Å². The molecule has 108 valence electrons. The molecule has 1 aliphatic heterocycles. The Morgan fingerprint density at radius 3 is 2.45 bits per heavy atom. The van der Waals surface area contributed by atoms with Crippen LogP contribution in [-0.2, 0) is 4.79 Å². The smallest absolute Gasteiger partial charge is 0.255 e. The summed E-state index contributed by atoms with van der Waals surface area (Å²) in [5.41, 5.74) is 0.684. The van der Waals surface area contributed by atoms with Crippen LogP contribution in [0.15, 0.2) is 18.2 Å². The van der Waals surface area contributed by atoms with E-state index in [1.165, 1.54) is 4.90 Å². The van der Waals surface area contributed by atoms with Crippen molar-refractivity contribution in [3.05, 3.63) is 18.2 Å². The van der Waals surface area contributed by atoms with Crippen molar-refractivity contribution in [2.24, 2.45) is 0 Å². The van der Waals surface area contributed by atoms with Crippen molar-refractivity contribution < 1.29 is 14.3 Å². The van der Waals surface area contributed by atoms with Crippen LogP contribution < -0.4 is 19.7 Å². The third-order valence-corrected chi connectivity index (χ3v) is 3.22. The van der Waals surface area contributed by atoms with E-state index in [0.29, 0.717) is 35.5 Å². The number of ether oxygens (including phenoxy) is 2. The summed E-state index contributed by atoms with van der Waals surface area (Å²) >= 11 is 5.19. The van der Waals surface area contributed by atoms with Crippen LogP contribution >= 0.6 is 12.2 Å². The Balaban J connectivity index is 2.35. The lowest BCUT2D eigenvalue weighted by Gasteiger charge is -2.18. The Morgan fingerprint density at radius 2 is 1.90 bits per heavy atom. The highest BCUT2D eigenvalue weighted by molar-refractivity contribution is 7.80. The molecule has 2 rings (SSSR count). The minimum absolute atomic E-state index is 0.0680. The summed E-state index contributed by atoms with van der Waals surface area (Å²) in [5, 5.41) is 3.35. The van der Waals surface area contributed by atoms with Gasteiger partial charge < -0.3 is 14.8 Å². The van der Waals surface area contributed by atoms with Crippen molar-refractivity contribution in [1.82, 2.24) is 5.32 Å². The highest BCUT2D eigenvalue weighted by Crippen LogP contribution is 2.33. The predicted molar refractivity (Wildman–Crippen MR) is 81.5 cm³/mol. The normalized spacial score (nSPS) is 18.1. The number of anilines is 1. The molecule has 0 saturated carbocycles. The number of nitrogens with zero attached hydrogens (tertiary/aromatic N) is 1. The third-order valence-electron chi connectivity index (χ3n) is 2.92. The van der Waals surface area contributed by atoms with Gasteiger partial charge in [0, 0.05) is 6.07 Å². The Kier molecular flexibility index (Phi) is 4.44. The first-order valence-corrected chi connectivity index (χ1v) is 7.03. The zero-order valence-electron chi connectivity index (χ0n) is 11.8. The molecule has 0 aromatic heterocycles. The summed E-state index contributed by atoms with van der Waals surface area (Å²) in [6.07, 6.45) is 0. The van der Waals surface area contributed by atoms with Gasteiger partial charge in [0.1, 0.15) is 6.04 Å². The molecule has 5 nitrogen and oxygen atoms in total. The van der Waals surface area contributed by atoms with E-state index in [2.05, 4.69) is 5.32 Å². The summed E-state index contributed by atoms with van der Waals surface area (Å²) in [5.74, 6) is 1.21. The number of hydrogen-bond acceptors (Lipinski definition) is 4. The molecule has 1 heterocycles. The summed E-state index contributed by atoms with van der Waals surface area (Å²) in [4.78, 5) is 13.6. The number of benzene rings is 1. The maximum Gasteiger partial charge on any atom is 0.255 e. The highest BCUT2D eigenvalue weighted by atomic mass is 32.1. The van der Waals surface area contributed by atoms with Crippen molar-refractivity contribution in [2.75, 3.05) is 18.1 Å². The van der Waals surface area contributed by atoms with Crippen LogP contribution in [0.1, 0.15) is 20.8 Å². The Morgan fingerprint density at radius 1 is 1.25 bits per heavy atom. The average Bonchev–Trinajstić information content (AvgIpc) is 2.66. The molecule has 1 unspecified atom stereocenters. The fourth-order valence-corrected chi connectivity index (χ4v) is 2.40. The first kappa shape index (κ1) is 14.6. The number of carbonyl (C=O) groups excluding carboxylic acids is 1. The Labute approximate surface area is 123 Å². The van der Waals surface area contributed by atoms with Crippen LogP contribution in [0.25, 0.3) is 0 Å². The van der Waals surface area contributed by atoms with E-state index in [4.69, 9.17) is 21.7 Å². The molecule has 1 aromatic carbocycles. The van der Waals surface area contributed by atoms with Gasteiger partial charge in [-0.1, -0.05) is 0 Å². The second-order valence-electron chi connectivity index (χ2n) is 4.34. The maximum absolute atomic E-state index is 12.1. The minimum atomic E-state index is -0.301. The quantitative estimate of drug-likeness (QED) is 0.843. The first-order chi connectivity index (χ1) is 9.58. The van der Waals surface area contributed by atoms with Crippen molar-refractivity contribution in [3.63, 3.8) is 0 Å². The summed E-state index contributed by atoms with van der Waals surface area (Å²) in [6.45, 7) is 6.67. The standard InChI is InChI=1S/C14H18N2O3S/c1-4-18-11-7-6-10(8-12(11)19-5-2)16-13(17)9(3)15-14(16)20/h6-9H,4-5H2,1-3H3,(H,15,20). The van der Waals surface area contributed by atoms with E-state index < -0.39 is 0 Å². The molecule has 1 fully saturated rings. The summed E-state index contributed by atoms with van der Waals surface area (Å²) < 4.78 is 11.1. The molecule has 1 saturated heterocycles. The lowest BCUT2D eigenvalue weighted by molar-refractivity contribution is -0.117. The molecule has 0 radical (unpaired) electrons. The van der Waals surface area contributed by atoms with Gasteiger partial charge in [0.2, 0.25) is 0 Å². The van der Waals surface area contributed by atoms with Crippen LogP contribution in [0.3, 0.4) is 0 Å². The zero-order valence-corrected chi connectivity index (χ0v) is 12.6. The lowest BCUT2D eigenvalue weighted by atomic mass is 10.2. The monoisotopic (exact) mass is 294 g/mol. The molecule has 1 aliphatic rings. The fraction of sp³-hybridized carbons (Fsp3) is 0.429. The van der Waals surface area contributed by atoms with Gasteiger partial charge in [-0.25, -0.2) is 0 Å². The molecule has 1 amide bonds. The average molecular weight is 294 g/mol. The van der Waals surface area contributed by atoms with E-state index in [1.54, 1.807) is 25.1 Å². The molecule has 1 N–H and O–H groups in total. The van der Waals surface area contributed by atoms with E-state index in [1.807, 2.05) is 13.8 Å². The van der Waals surface area contributed by atoms with E-state index in [0.717, 1.165) is 0 Å². The molecule has 6 heteroatoms. The number of carbonyl (C=O) groups is 1. The molecule has 0 spiro atoms. The van der Waals surface area contributed by atoms with Crippen molar-refractivity contribution in [3.8, 4) is 11.5 Å². The largest absolute Gasteiger partial charge is 0.490 e. The van der Waals surface area contributed by atoms with Gasteiger partial charge in [0.25, 0.3) is 5.91 Å². The van der Waals surface area contributed by atoms with Gasteiger partial charge in [0.15, 0.2) is 16.6 Å². The van der Waals surface area contributed by atoms with E-state index in [-0.39, 0.29) is 11.9 Å². The highest BCUT2D eigenvalue weighted by Gasteiger charge is 2.33. The van der Waals surface area contributed by atoms with Gasteiger partial charge in [0.05, 0.1) is 18.9 Å². The predicted octanol–water partition coefficient (Wildman–Crippen LogP) is 2.09. The molecule has 0 bridgehead atoms. The van der Waals surface area contributed by atoms with Gasteiger partial charge in [-0.15, -0.1) is 0 Å². The topological polar surface area (TPSA) is 50.8 Å². The van der Waals surface area contributed by atoms with Crippen LogP contribution in [0.4, 0.5) is 5.69 Å². The van der Waals surface area contributed by atoms with Gasteiger partial charge in [-0.2, -0.15) is 0 Å². The van der Waals surface area contributed by atoms with E-state index >= 15 is 0 Å². The molecule has 20 heavy (non-hydrogen) atoms. The number of rotatable bonds is 5. The summed E-state index contributed by atoms with van der Waals surface area (Å²) in [7, 11) is 0. The fourth-order valence-electron chi connectivity index (χ4n) is 2.03. The molecular weight excluding hydrogens is 276 g/mol. The van der Waals surface area contributed by atoms with Crippen LogP contribution in [0.2, 0.25) is 0 Å². The lowest BCUT2D eigenvalue weighted by Crippen LogP contribution is -2.30. The molecule has 1 atom stereocenters. The SMILES string of the molecule is CCOc1ccc(N2C(=O)C(C)NC2=S)cc1OCC. The first-order valence-electron chi connectivity index (χ1n) is 6.62. The van der Waals surface area contributed by atoms with Crippen molar-refractivity contribution >= 4 is 28.9 Å². The van der Waals surface area contributed by atoms with Crippen molar-refractivity contribution in [1.29, 1.82) is 0 Å². The van der Waals surface area contributed by atoms with E-state index in [9.17, 15) is 4.79 Å². The zero-order chi connectivity index (χ0) is 14.7. The van der Waals surface area contributed by atoms with Crippen LogP contribution in [0.5, 0.6) is 11.5 Å². The number of hydrogen-bond donors (Lipinski definition) is 1. The van der Waals surface area contributed by atoms with Crippen LogP contribution in [-0.4, -0.2) is 30.3 Å². The summed E-state index contributed by atoms with van der Waals surface area (Å²) in [6, 6.07) is 5.07. The second-order valence-corrected chi connectivity index (χ2v) is 4.73. The Bertz CT molecular complexity index is 533. The third kappa shape index (κ3) is 2.70. The van der Waals surface area contributed by atoms with Gasteiger partial charge >= 0.3 is 0 Å². The maximum atomic E-state index is 12.1. The number of nitrogens with one attached hydrogen (secondary N) is 1. The number of thiocarbonyl (C=S) groups is 1. The minimum Gasteiger partial charge on any atom is -0.490 e. The molecule has 0 aliphatic carbocycles. The van der Waals surface area contributed by atoms with Crippen LogP contribution in [0, 0.1) is 0 Å². The Hall–Kier alpha value is -1.82. The second kappa shape index (κ2) is 6.09. The molecule has 1 aromatic rings. The van der Waals surface area contributed by atoms with Gasteiger partial charge in [-0.05, 0) is 45.1 Å². The molecular formula is C14H18N2O3S. The van der Waals surface area contributed by atoms with Crippen molar-refractivity contribution in [2.45, 2.75) is 26.8 Å².